The summed E-state index contributed by atoms with van der Waals surface area (Å²) in [5.74, 6) is -1.30. The van der Waals surface area contributed by atoms with Crippen LogP contribution in [0.4, 0.5) is 8.78 Å². The zero-order chi connectivity index (χ0) is 20.8. The molecule has 6 nitrogen and oxygen atoms in total. The third-order valence-electron chi connectivity index (χ3n) is 4.88. The number of carbonyl (C=O) groups excluding carboxylic acids is 2. The maximum atomic E-state index is 13.7. The lowest BCUT2D eigenvalue weighted by atomic mass is 10.1. The second-order valence-corrected chi connectivity index (χ2v) is 6.81. The van der Waals surface area contributed by atoms with Gasteiger partial charge in [0.2, 0.25) is 11.8 Å². The van der Waals surface area contributed by atoms with Gasteiger partial charge >= 0.3 is 0 Å². The Kier molecular flexibility index (Phi) is 6.77. The Balaban J connectivity index is 1.64. The number of rotatable bonds is 7. The SMILES string of the molecule is COc1ccccc1CN1CCNC(=O)C1CC(=O)NCc1ccc(F)cc1F. The van der Waals surface area contributed by atoms with Crippen molar-refractivity contribution in [2.75, 3.05) is 20.2 Å². The molecule has 3 rings (SSSR count). The lowest BCUT2D eigenvalue weighted by Crippen LogP contribution is -2.56. The summed E-state index contributed by atoms with van der Waals surface area (Å²) < 4.78 is 32.1. The molecule has 0 bridgehead atoms. The number of nitrogens with zero attached hydrogens (tertiary/aromatic N) is 1. The van der Waals surface area contributed by atoms with Gasteiger partial charge in [-0.05, 0) is 12.1 Å². The summed E-state index contributed by atoms with van der Waals surface area (Å²) in [6.07, 6.45) is -0.0657. The van der Waals surface area contributed by atoms with Crippen LogP contribution < -0.4 is 15.4 Å². The van der Waals surface area contributed by atoms with Gasteiger partial charge in [-0.1, -0.05) is 24.3 Å². The highest BCUT2D eigenvalue weighted by molar-refractivity contribution is 5.88. The Morgan fingerprint density at radius 3 is 2.79 bits per heavy atom. The maximum Gasteiger partial charge on any atom is 0.237 e. The van der Waals surface area contributed by atoms with Crippen LogP contribution >= 0.6 is 0 Å². The molecule has 1 unspecified atom stereocenters. The van der Waals surface area contributed by atoms with Gasteiger partial charge in [0, 0.05) is 43.4 Å². The van der Waals surface area contributed by atoms with Crippen LogP contribution in [-0.2, 0) is 22.7 Å². The molecule has 29 heavy (non-hydrogen) atoms. The van der Waals surface area contributed by atoms with E-state index in [1.54, 1.807) is 7.11 Å². The predicted molar refractivity (Wildman–Crippen MR) is 103 cm³/mol. The number of amides is 2. The number of nitrogens with one attached hydrogen (secondary N) is 2. The third-order valence-corrected chi connectivity index (χ3v) is 4.88. The summed E-state index contributed by atoms with van der Waals surface area (Å²) in [7, 11) is 1.58. The Labute approximate surface area is 167 Å². The van der Waals surface area contributed by atoms with Crippen molar-refractivity contribution in [3.8, 4) is 5.75 Å². The molecule has 0 spiro atoms. The number of methoxy groups -OCH3 is 1. The van der Waals surface area contributed by atoms with Crippen LogP contribution in [-0.4, -0.2) is 43.0 Å². The summed E-state index contributed by atoms with van der Waals surface area (Å²) in [6, 6.07) is 10.1. The van der Waals surface area contributed by atoms with Gasteiger partial charge in [-0.15, -0.1) is 0 Å². The van der Waals surface area contributed by atoms with Crippen LogP contribution in [0.15, 0.2) is 42.5 Å². The molecular formula is C21H23F2N3O3. The van der Waals surface area contributed by atoms with E-state index >= 15 is 0 Å². The summed E-state index contributed by atoms with van der Waals surface area (Å²) in [5, 5.41) is 5.38. The summed E-state index contributed by atoms with van der Waals surface area (Å²) in [5.41, 5.74) is 1.10. The van der Waals surface area contributed by atoms with Gasteiger partial charge in [0.1, 0.15) is 17.4 Å². The van der Waals surface area contributed by atoms with Gasteiger partial charge < -0.3 is 15.4 Å². The average Bonchev–Trinajstić information content (AvgIpc) is 2.70. The topological polar surface area (TPSA) is 70.7 Å². The van der Waals surface area contributed by atoms with Crippen LogP contribution in [0.25, 0.3) is 0 Å². The molecule has 1 heterocycles. The van der Waals surface area contributed by atoms with E-state index in [1.165, 1.54) is 6.07 Å². The Bertz CT molecular complexity index is 891. The fourth-order valence-corrected chi connectivity index (χ4v) is 3.33. The molecule has 1 fully saturated rings. The largest absolute Gasteiger partial charge is 0.496 e. The Morgan fingerprint density at radius 1 is 1.24 bits per heavy atom. The molecule has 2 amide bonds. The second kappa shape index (κ2) is 9.47. The molecule has 1 saturated heterocycles. The Morgan fingerprint density at radius 2 is 2.03 bits per heavy atom. The molecule has 1 atom stereocenters. The number of benzene rings is 2. The minimum absolute atomic E-state index is 0.0657. The molecule has 2 N–H and O–H groups in total. The molecule has 0 aromatic heterocycles. The van der Waals surface area contributed by atoms with Crippen LogP contribution in [0.3, 0.4) is 0 Å². The number of para-hydroxylation sites is 1. The Hall–Kier alpha value is -3.00. The molecule has 1 aliphatic rings. The first kappa shape index (κ1) is 20.7. The molecule has 2 aromatic carbocycles. The minimum atomic E-state index is -0.724. The van der Waals surface area contributed by atoms with Crippen molar-refractivity contribution >= 4 is 11.8 Å². The molecule has 0 radical (unpaired) electrons. The standard InChI is InChI=1S/C21H23F2N3O3/c1-29-19-5-3-2-4-15(19)13-26-9-8-24-21(28)18(26)11-20(27)25-12-14-6-7-16(22)10-17(14)23/h2-7,10,18H,8-9,11-13H2,1H3,(H,24,28)(H,25,27). The number of carbonyl (C=O) groups is 2. The van der Waals surface area contributed by atoms with Crippen molar-refractivity contribution in [1.82, 2.24) is 15.5 Å². The van der Waals surface area contributed by atoms with Gasteiger partial charge in [0.05, 0.1) is 19.6 Å². The zero-order valence-corrected chi connectivity index (χ0v) is 16.1. The average molecular weight is 403 g/mol. The fraction of sp³-hybridized carbons (Fsp3) is 0.333. The quantitative estimate of drug-likeness (QED) is 0.742. The van der Waals surface area contributed by atoms with Crippen molar-refractivity contribution in [2.24, 2.45) is 0 Å². The van der Waals surface area contributed by atoms with Crippen molar-refractivity contribution < 1.29 is 23.1 Å². The second-order valence-electron chi connectivity index (χ2n) is 6.81. The summed E-state index contributed by atoms with van der Waals surface area (Å²) in [6.45, 7) is 1.47. The number of hydrogen-bond acceptors (Lipinski definition) is 4. The van der Waals surface area contributed by atoms with E-state index in [2.05, 4.69) is 10.6 Å². The molecule has 1 aliphatic heterocycles. The first-order valence-electron chi connectivity index (χ1n) is 9.32. The van der Waals surface area contributed by atoms with Gasteiger partial charge in [0.15, 0.2) is 0 Å². The molecule has 154 valence electrons. The van der Waals surface area contributed by atoms with Crippen LogP contribution in [0, 0.1) is 11.6 Å². The number of halogens is 2. The highest BCUT2D eigenvalue weighted by Gasteiger charge is 2.32. The van der Waals surface area contributed by atoms with Crippen LogP contribution in [0.2, 0.25) is 0 Å². The maximum absolute atomic E-state index is 13.7. The first-order chi connectivity index (χ1) is 14.0. The molecule has 2 aromatic rings. The fourth-order valence-electron chi connectivity index (χ4n) is 3.33. The van der Waals surface area contributed by atoms with Gasteiger partial charge in [-0.3, -0.25) is 14.5 Å². The third kappa shape index (κ3) is 5.29. The van der Waals surface area contributed by atoms with Gasteiger partial charge in [-0.25, -0.2) is 8.78 Å². The smallest absolute Gasteiger partial charge is 0.237 e. The van der Waals surface area contributed by atoms with E-state index in [0.29, 0.717) is 25.4 Å². The zero-order valence-electron chi connectivity index (χ0n) is 16.1. The lowest BCUT2D eigenvalue weighted by Gasteiger charge is -2.35. The minimum Gasteiger partial charge on any atom is -0.496 e. The van der Waals surface area contributed by atoms with Crippen LogP contribution in [0.5, 0.6) is 5.75 Å². The van der Waals surface area contributed by atoms with E-state index in [4.69, 9.17) is 4.74 Å². The predicted octanol–water partition coefficient (Wildman–Crippen LogP) is 1.98. The molecule has 0 saturated carbocycles. The summed E-state index contributed by atoms with van der Waals surface area (Å²) >= 11 is 0. The van der Waals surface area contributed by atoms with Gasteiger partial charge in [-0.2, -0.15) is 0 Å². The molecule has 8 heteroatoms. The van der Waals surface area contributed by atoms with Crippen LogP contribution in [0.1, 0.15) is 17.5 Å². The van der Waals surface area contributed by atoms with E-state index < -0.39 is 17.7 Å². The van der Waals surface area contributed by atoms with E-state index in [-0.39, 0.29) is 30.3 Å². The van der Waals surface area contributed by atoms with Crippen molar-refractivity contribution in [3.63, 3.8) is 0 Å². The van der Waals surface area contributed by atoms with E-state index in [0.717, 1.165) is 17.7 Å². The van der Waals surface area contributed by atoms with Crippen molar-refractivity contribution in [3.05, 3.63) is 65.2 Å². The lowest BCUT2D eigenvalue weighted by molar-refractivity contribution is -0.134. The van der Waals surface area contributed by atoms with E-state index in [1.807, 2.05) is 29.2 Å². The van der Waals surface area contributed by atoms with E-state index in [9.17, 15) is 18.4 Å². The normalized spacial score (nSPS) is 16.9. The monoisotopic (exact) mass is 403 g/mol. The molecular weight excluding hydrogens is 380 g/mol. The molecule has 0 aliphatic carbocycles. The number of hydrogen-bond donors (Lipinski definition) is 2. The summed E-state index contributed by atoms with van der Waals surface area (Å²) in [4.78, 5) is 26.7. The first-order valence-corrected chi connectivity index (χ1v) is 9.32. The number of ether oxygens (including phenoxy) is 1. The van der Waals surface area contributed by atoms with Crippen molar-refractivity contribution in [1.29, 1.82) is 0 Å². The van der Waals surface area contributed by atoms with Crippen molar-refractivity contribution in [2.45, 2.75) is 25.6 Å². The van der Waals surface area contributed by atoms with Gasteiger partial charge in [0.25, 0.3) is 0 Å². The highest BCUT2D eigenvalue weighted by atomic mass is 19.1. The number of piperazine rings is 1. The highest BCUT2D eigenvalue weighted by Crippen LogP contribution is 2.22.